The molecular weight excluding hydrogens is 732 g/mol. The number of ether oxygens (including phenoxy) is 3. The number of benzene rings is 3. The molecule has 15 heteroatoms. The summed E-state index contributed by atoms with van der Waals surface area (Å²) in [6, 6.07) is 20.2. The second-order valence-corrected chi connectivity index (χ2v) is 13.6. The van der Waals surface area contributed by atoms with E-state index >= 15 is 0 Å². The van der Waals surface area contributed by atoms with Crippen LogP contribution in [-0.2, 0) is 34.4 Å². The number of aromatic nitrogens is 1. The van der Waals surface area contributed by atoms with Crippen LogP contribution in [0.15, 0.2) is 89.9 Å². The van der Waals surface area contributed by atoms with Crippen LogP contribution in [-0.4, -0.2) is 84.9 Å². The Kier molecular flexibility index (Phi) is 14.4. The average Bonchev–Trinajstić information content (AvgIpc) is 3.21. The van der Waals surface area contributed by atoms with Crippen LogP contribution < -0.4 is 41.0 Å². The first-order chi connectivity index (χ1) is 27.5. The monoisotopic (exact) mass is 780 g/mol. The van der Waals surface area contributed by atoms with Gasteiger partial charge in [-0.25, -0.2) is 0 Å². The van der Waals surface area contributed by atoms with Crippen molar-refractivity contribution in [2.75, 3.05) is 33.9 Å². The van der Waals surface area contributed by atoms with Crippen LogP contribution in [0.25, 0.3) is 0 Å². The number of hydrogen-bond donors (Lipinski definition) is 4. The Balaban J connectivity index is 1.42. The molecule has 4 N–H and O–H groups in total. The predicted molar refractivity (Wildman–Crippen MR) is 211 cm³/mol. The van der Waals surface area contributed by atoms with Crippen LogP contribution in [0, 0.1) is 0 Å². The molecule has 0 aliphatic carbocycles. The smallest absolute Gasteiger partial charge is 0.263 e. The molecule has 0 saturated carbocycles. The van der Waals surface area contributed by atoms with Gasteiger partial charge in [0.1, 0.15) is 29.1 Å². The van der Waals surface area contributed by atoms with E-state index in [-0.39, 0.29) is 43.3 Å². The first-order valence-electron chi connectivity index (χ1n) is 18.6. The van der Waals surface area contributed by atoms with Crippen molar-refractivity contribution < 1.29 is 38.2 Å². The summed E-state index contributed by atoms with van der Waals surface area (Å²) in [6.45, 7) is 1.45. The third kappa shape index (κ3) is 11.2. The Morgan fingerprint density at radius 2 is 1.61 bits per heavy atom. The SMILES string of the molecule is COc1cc2ccc1CNC(=O)[C@H](C)NC(=O)[C@H](CCc1ccccc1)NC(=O)CN(C(=O)c1cccn(C)c1=O)CCCCNC(=O)c1ccc(OC)c(c1)O2. The van der Waals surface area contributed by atoms with E-state index in [9.17, 15) is 28.8 Å². The second-order valence-electron chi connectivity index (χ2n) is 13.6. The van der Waals surface area contributed by atoms with Crippen LogP contribution in [0.1, 0.15) is 58.0 Å². The molecule has 5 amide bonds. The van der Waals surface area contributed by atoms with Gasteiger partial charge in [0.05, 0.1) is 20.8 Å². The first-order valence-corrected chi connectivity index (χ1v) is 18.6. The van der Waals surface area contributed by atoms with Gasteiger partial charge in [-0.3, -0.25) is 28.8 Å². The Bertz CT molecular complexity index is 2140. The summed E-state index contributed by atoms with van der Waals surface area (Å²) in [6.07, 6.45) is 2.95. The lowest BCUT2D eigenvalue weighted by Crippen LogP contribution is -2.54. The van der Waals surface area contributed by atoms with Gasteiger partial charge in [-0.1, -0.05) is 30.3 Å². The maximum Gasteiger partial charge on any atom is 0.263 e. The Morgan fingerprint density at radius 3 is 2.37 bits per heavy atom. The lowest BCUT2D eigenvalue weighted by molar-refractivity contribution is -0.132. The number of nitrogens with zero attached hydrogens (tertiary/aromatic N) is 2. The highest BCUT2D eigenvalue weighted by Crippen LogP contribution is 2.35. The molecule has 2 aliphatic heterocycles. The number of amides is 5. The molecule has 4 bridgehead atoms. The van der Waals surface area contributed by atoms with Gasteiger partial charge in [0.2, 0.25) is 17.7 Å². The number of methoxy groups -OCH3 is 2. The van der Waals surface area contributed by atoms with Crippen LogP contribution in [0.3, 0.4) is 0 Å². The maximum absolute atomic E-state index is 13.8. The van der Waals surface area contributed by atoms with Crippen LogP contribution in [0.2, 0.25) is 0 Å². The first kappa shape index (κ1) is 41.5. The zero-order chi connectivity index (χ0) is 40.9. The third-order valence-corrected chi connectivity index (χ3v) is 9.45. The predicted octanol–water partition coefficient (Wildman–Crippen LogP) is 3.10. The largest absolute Gasteiger partial charge is 0.496 e. The fourth-order valence-electron chi connectivity index (χ4n) is 6.23. The molecule has 0 spiro atoms. The zero-order valence-corrected chi connectivity index (χ0v) is 32.5. The highest BCUT2D eigenvalue weighted by Gasteiger charge is 2.27. The van der Waals surface area contributed by atoms with Crippen molar-refractivity contribution in [3.63, 3.8) is 0 Å². The molecule has 57 heavy (non-hydrogen) atoms. The Labute approximate surface area is 330 Å². The Hall–Kier alpha value is -6.64. The van der Waals surface area contributed by atoms with Gasteiger partial charge in [0, 0.05) is 50.1 Å². The van der Waals surface area contributed by atoms with Crippen molar-refractivity contribution in [2.24, 2.45) is 7.05 Å². The molecule has 3 aromatic carbocycles. The van der Waals surface area contributed by atoms with E-state index in [4.69, 9.17) is 14.2 Å². The molecule has 0 radical (unpaired) electrons. The van der Waals surface area contributed by atoms with Gasteiger partial charge in [-0.15, -0.1) is 0 Å². The summed E-state index contributed by atoms with van der Waals surface area (Å²) in [4.78, 5) is 81.8. The van der Waals surface area contributed by atoms with E-state index in [2.05, 4.69) is 21.3 Å². The summed E-state index contributed by atoms with van der Waals surface area (Å²) >= 11 is 0. The van der Waals surface area contributed by atoms with E-state index in [0.717, 1.165) is 5.56 Å². The molecule has 2 aliphatic rings. The minimum absolute atomic E-state index is 0.0596. The summed E-state index contributed by atoms with van der Waals surface area (Å²) in [7, 11) is 4.49. The van der Waals surface area contributed by atoms with Gasteiger partial charge >= 0.3 is 0 Å². The van der Waals surface area contributed by atoms with Crippen molar-refractivity contribution in [3.8, 4) is 23.0 Å². The van der Waals surface area contributed by atoms with Crippen molar-refractivity contribution in [1.82, 2.24) is 30.7 Å². The molecule has 1 aromatic heterocycles. The number of carbonyl (C=O) groups is 5. The van der Waals surface area contributed by atoms with E-state index in [1.807, 2.05) is 30.3 Å². The Morgan fingerprint density at radius 1 is 0.842 bits per heavy atom. The van der Waals surface area contributed by atoms with Crippen LogP contribution in [0.5, 0.6) is 23.0 Å². The summed E-state index contributed by atoms with van der Waals surface area (Å²) in [5.41, 5.74) is 1.23. The molecule has 4 aromatic rings. The standard InChI is InChI=1S/C42H48N6O9/c1-27-38(50)44-25-30-15-17-31(24-35(30)56-4)57-36-23-29(16-19-34(36)55-3)39(51)43-20-8-9-22-48(42(54)32-13-10-21-47(2)41(32)53)26-37(49)46-33(40(52)45-27)18-14-28-11-6-5-7-12-28/h5-7,10-13,15-17,19,21,23-24,27,33H,8-9,14,18,20,22,25-26H2,1-4H3,(H,43,51)(H,44,50)(H,45,52)(H,46,49)/t27-,33-/m0/s1. The summed E-state index contributed by atoms with van der Waals surface area (Å²) < 4.78 is 18.5. The zero-order valence-electron chi connectivity index (χ0n) is 32.5. The number of hydrogen-bond acceptors (Lipinski definition) is 9. The fourth-order valence-corrected chi connectivity index (χ4v) is 6.23. The molecule has 0 saturated heterocycles. The molecule has 0 fully saturated rings. The van der Waals surface area contributed by atoms with E-state index < -0.39 is 47.8 Å². The van der Waals surface area contributed by atoms with Crippen LogP contribution >= 0.6 is 0 Å². The maximum atomic E-state index is 13.8. The second kappa shape index (κ2) is 19.8. The van der Waals surface area contributed by atoms with Crippen LogP contribution in [0.4, 0.5) is 0 Å². The summed E-state index contributed by atoms with van der Waals surface area (Å²) in [5.74, 6) is -1.24. The number of pyridine rings is 1. The number of aryl methyl sites for hydroxylation is 2. The van der Waals surface area contributed by atoms with Crippen molar-refractivity contribution >= 4 is 29.5 Å². The molecule has 2 atom stereocenters. The molecule has 6 rings (SSSR count). The minimum Gasteiger partial charge on any atom is -0.496 e. The molecule has 0 unspecified atom stereocenters. The normalized spacial score (nSPS) is 17.4. The van der Waals surface area contributed by atoms with Gasteiger partial charge in [-0.2, -0.15) is 0 Å². The number of rotatable bonds is 6. The fraction of sp³-hybridized carbons (Fsp3) is 0.333. The van der Waals surface area contributed by atoms with E-state index in [1.165, 1.54) is 49.9 Å². The van der Waals surface area contributed by atoms with Gasteiger partial charge in [0.15, 0.2) is 11.5 Å². The van der Waals surface area contributed by atoms with Crippen molar-refractivity contribution in [2.45, 2.75) is 51.2 Å². The van der Waals surface area contributed by atoms with Gasteiger partial charge in [0.25, 0.3) is 17.4 Å². The number of nitrogens with one attached hydrogen (secondary N) is 4. The summed E-state index contributed by atoms with van der Waals surface area (Å²) in [5, 5.41) is 11.2. The quantitative estimate of drug-likeness (QED) is 0.214. The number of carbonyl (C=O) groups excluding carboxylic acids is 5. The lowest BCUT2D eigenvalue weighted by atomic mass is 10.0. The molecule has 300 valence electrons. The third-order valence-electron chi connectivity index (χ3n) is 9.45. The van der Waals surface area contributed by atoms with Gasteiger partial charge in [-0.05, 0) is 80.6 Å². The molecule has 3 heterocycles. The molecule has 15 nitrogen and oxygen atoms in total. The topological polar surface area (TPSA) is 186 Å². The van der Waals surface area contributed by atoms with Gasteiger partial charge < -0.3 is 44.9 Å². The highest BCUT2D eigenvalue weighted by atomic mass is 16.5. The van der Waals surface area contributed by atoms with E-state index in [0.29, 0.717) is 47.6 Å². The van der Waals surface area contributed by atoms with Crippen molar-refractivity contribution in [3.05, 3.63) is 118 Å². The highest BCUT2D eigenvalue weighted by molar-refractivity contribution is 5.97. The average molecular weight is 781 g/mol. The minimum atomic E-state index is -1.07. The lowest BCUT2D eigenvalue weighted by Gasteiger charge is -2.25. The number of fused-ring (bicyclic) bond motifs is 18. The molecular formula is C42H48N6O9. The van der Waals surface area contributed by atoms with E-state index in [1.54, 1.807) is 42.5 Å². The van der Waals surface area contributed by atoms with Crippen molar-refractivity contribution in [1.29, 1.82) is 0 Å².